The van der Waals surface area contributed by atoms with Gasteiger partial charge in [-0.05, 0) is 29.4 Å². The molecule has 0 radical (unpaired) electrons. The van der Waals surface area contributed by atoms with Gasteiger partial charge in [0.2, 0.25) is 5.69 Å². The second-order valence-electron chi connectivity index (χ2n) is 5.66. The lowest BCUT2D eigenvalue weighted by atomic mass is 10.0. The van der Waals surface area contributed by atoms with Crippen LogP contribution in [0, 0.1) is 0 Å². The summed E-state index contributed by atoms with van der Waals surface area (Å²) in [5.41, 5.74) is -0.685. The van der Waals surface area contributed by atoms with Crippen molar-refractivity contribution in [1.82, 2.24) is 0 Å². The molecule has 0 saturated carbocycles. The first-order chi connectivity index (χ1) is 8.61. The van der Waals surface area contributed by atoms with Crippen molar-refractivity contribution < 1.29 is 13.9 Å². The average Bonchev–Trinajstić information content (AvgIpc) is 2.24. The molecule has 1 N–H and O–H groups in total. The zero-order valence-electron chi connectivity index (χ0n) is 11.9. The quantitative estimate of drug-likeness (QED) is 0.479. The number of nitrogens with zero attached hydrogens (tertiary/aromatic N) is 1. The van der Waals surface area contributed by atoms with E-state index < -0.39 is 5.69 Å². The maximum atomic E-state index is 9.73. The second kappa shape index (κ2) is 6.70. The molecule has 19 heavy (non-hydrogen) atoms. The minimum Gasteiger partial charge on any atom is -0.338 e. The fraction of sp³-hybridized carbons (Fsp3) is 0.538. The lowest BCUT2D eigenvalue weighted by molar-refractivity contribution is -0.873. The first-order valence-corrected chi connectivity index (χ1v) is 10.1. The van der Waals surface area contributed by atoms with Crippen molar-refractivity contribution in [2.45, 2.75) is 19.4 Å². The van der Waals surface area contributed by atoms with Crippen LogP contribution in [0.1, 0.15) is 24.2 Å². The number of thiol groups is 1. The Balaban J connectivity index is 3.04. The predicted octanol–water partition coefficient (Wildman–Crippen LogP) is 3.16. The van der Waals surface area contributed by atoms with Crippen molar-refractivity contribution >= 4 is 29.7 Å². The Kier molecular flexibility index (Phi) is 6.05. The molecule has 108 valence electrons. The van der Waals surface area contributed by atoms with Crippen molar-refractivity contribution in [3.05, 3.63) is 35.4 Å². The zero-order valence-corrected chi connectivity index (χ0v) is 14.5. The van der Waals surface area contributed by atoms with Crippen molar-refractivity contribution in [3.8, 4) is 0 Å². The number of aryl methyl sites for hydroxylation is 1. The number of hydrogen-bond donors (Lipinski definition) is 2. The fourth-order valence-corrected chi connectivity index (χ4v) is 3.05. The maximum absolute atomic E-state index is 9.73. The summed E-state index contributed by atoms with van der Waals surface area (Å²) in [4.78, 5) is 9.73. The summed E-state index contributed by atoms with van der Waals surface area (Å²) in [7, 11) is 6.25. The van der Waals surface area contributed by atoms with E-state index in [1.807, 2.05) is 12.1 Å². The lowest BCUT2D eigenvalue weighted by Crippen LogP contribution is -2.38. The number of benzene rings is 1. The van der Waals surface area contributed by atoms with Gasteiger partial charge in [-0.15, -0.1) is 0 Å². The van der Waals surface area contributed by atoms with Gasteiger partial charge in [0.1, 0.15) is 12.6 Å². The molecule has 6 heteroatoms. The highest BCUT2D eigenvalue weighted by Crippen LogP contribution is 2.51. The summed E-state index contributed by atoms with van der Waals surface area (Å²) in [5.74, 6) is 0. The Morgan fingerprint density at radius 2 is 2.05 bits per heavy atom. The monoisotopic (exact) mass is 320 g/mol. The molecule has 0 spiro atoms. The summed E-state index contributed by atoms with van der Waals surface area (Å²) in [6, 6.07) is 8.22. The molecule has 0 saturated heterocycles. The van der Waals surface area contributed by atoms with E-state index in [0.29, 0.717) is 0 Å². The summed E-state index contributed by atoms with van der Waals surface area (Å²) in [6.07, 6.45) is 0.735. The summed E-state index contributed by atoms with van der Waals surface area (Å²) in [6.45, 7) is 2.84. The smallest absolute Gasteiger partial charge is 0.242 e. The Morgan fingerprint density at radius 1 is 1.42 bits per heavy atom. The van der Waals surface area contributed by atoms with Gasteiger partial charge in [-0.3, -0.25) is 0 Å². The van der Waals surface area contributed by atoms with Crippen LogP contribution in [0.4, 0.5) is 0 Å². The topological polar surface area (TPSA) is 29.5 Å². The third-order valence-electron chi connectivity index (χ3n) is 2.71. The highest BCUT2D eigenvalue weighted by molar-refractivity contribution is 8.59. The molecule has 0 heterocycles. The predicted molar refractivity (Wildman–Crippen MR) is 88.0 cm³/mol. The molecule has 0 aliphatic carbocycles. The molecule has 0 aliphatic heterocycles. The number of hydrogen-bond acceptors (Lipinski definition) is 2. The van der Waals surface area contributed by atoms with Crippen LogP contribution in [-0.4, -0.2) is 37.1 Å². The zero-order chi connectivity index (χ0) is 14.7. The van der Waals surface area contributed by atoms with Crippen LogP contribution in [0.5, 0.6) is 0 Å². The Bertz CT molecular complexity index is 468. The van der Waals surface area contributed by atoms with Gasteiger partial charge in [0.25, 0.3) is 0 Å². The van der Waals surface area contributed by atoms with Crippen molar-refractivity contribution in [2.24, 2.45) is 0 Å². The molecule has 0 aliphatic rings. The standard InChI is InChI=1S/C13H22NO2PS2/c1-5-11-7-6-8-12(9-11)13(10-14(2,3)4)16-17(15,18)19/h6-9,13H,5,10H2,1-4H3,(H-,15,18,19)/p+1. The molecule has 0 fully saturated rings. The first-order valence-electron chi connectivity index (χ1n) is 6.24. The molecule has 1 aromatic rings. The van der Waals surface area contributed by atoms with E-state index in [9.17, 15) is 4.89 Å². The van der Waals surface area contributed by atoms with Gasteiger partial charge < -0.3 is 13.9 Å². The van der Waals surface area contributed by atoms with Gasteiger partial charge in [0.15, 0.2) is 0 Å². The molecule has 2 atom stereocenters. The highest BCUT2D eigenvalue weighted by atomic mass is 32.9. The van der Waals surface area contributed by atoms with Gasteiger partial charge in [0.05, 0.1) is 21.1 Å². The third-order valence-corrected chi connectivity index (χ3v) is 3.78. The largest absolute Gasteiger partial charge is 0.338 e. The van der Waals surface area contributed by atoms with Gasteiger partial charge >= 0.3 is 0 Å². The highest BCUT2D eigenvalue weighted by Gasteiger charge is 2.25. The normalized spacial score (nSPS) is 16.9. The maximum Gasteiger partial charge on any atom is 0.242 e. The minimum absolute atomic E-state index is 0.236. The summed E-state index contributed by atoms with van der Waals surface area (Å²) < 4.78 is 6.36. The Labute approximate surface area is 126 Å². The molecular formula is C13H23NO2PS2+. The van der Waals surface area contributed by atoms with Gasteiger partial charge in [-0.1, -0.05) is 43.4 Å². The van der Waals surface area contributed by atoms with Crippen LogP contribution in [0.3, 0.4) is 0 Å². The van der Waals surface area contributed by atoms with Crippen LogP contribution >= 0.6 is 17.9 Å². The van der Waals surface area contributed by atoms with Crippen molar-refractivity contribution in [3.63, 3.8) is 0 Å². The van der Waals surface area contributed by atoms with Crippen molar-refractivity contribution in [2.75, 3.05) is 27.7 Å². The SMILES string of the molecule is CCc1cccc(C(C[N+](C)(C)C)OP(O)(=S)S)c1. The first kappa shape index (κ1) is 17.2. The van der Waals surface area contributed by atoms with E-state index in [-0.39, 0.29) is 6.10 Å². The lowest BCUT2D eigenvalue weighted by Gasteiger charge is -2.30. The second-order valence-corrected chi connectivity index (χ2v) is 10.8. The molecule has 2 unspecified atom stereocenters. The van der Waals surface area contributed by atoms with Gasteiger partial charge in [-0.25, -0.2) is 0 Å². The van der Waals surface area contributed by atoms with E-state index in [1.54, 1.807) is 0 Å². The van der Waals surface area contributed by atoms with Crippen LogP contribution in [-0.2, 0) is 22.8 Å². The van der Waals surface area contributed by atoms with Crippen LogP contribution in [0.25, 0.3) is 0 Å². The van der Waals surface area contributed by atoms with Crippen LogP contribution < -0.4 is 0 Å². The van der Waals surface area contributed by atoms with Crippen molar-refractivity contribution in [1.29, 1.82) is 0 Å². The van der Waals surface area contributed by atoms with Gasteiger partial charge in [-0.2, -0.15) is 0 Å². The molecule has 0 aromatic heterocycles. The molecule has 0 amide bonds. The molecule has 1 aromatic carbocycles. The molecule has 3 nitrogen and oxygen atoms in total. The molecule has 0 bridgehead atoms. The number of quaternary nitrogens is 1. The molecular weight excluding hydrogens is 297 g/mol. The van der Waals surface area contributed by atoms with Crippen LogP contribution in [0.15, 0.2) is 24.3 Å². The number of rotatable bonds is 6. The fourth-order valence-electron chi connectivity index (χ4n) is 1.88. The summed E-state index contributed by atoms with van der Waals surface area (Å²) >= 11 is 8.91. The Morgan fingerprint density at radius 3 is 2.53 bits per heavy atom. The van der Waals surface area contributed by atoms with E-state index in [4.69, 9.17) is 16.3 Å². The van der Waals surface area contributed by atoms with E-state index in [2.05, 4.69) is 52.4 Å². The minimum atomic E-state index is -2.98. The van der Waals surface area contributed by atoms with E-state index in [1.165, 1.54) is 5.56 Å². The Hall–Kier alpha value is 0.1000. The van der Waals surface area contributed by atoms with E-state index >= 15 is 0 Å². The van der Waals surface area contributed by atoms with E-state index in [0.717, 1.165) is 23.0 Å². The van der Waals surface area contributed by atoms with Gasteiger partial charge in [0, 0.05) is 0 Å². The third kappa shape index (κ3) is 6.89. The van der Waals surface area contributed by atoms with Crippen LogP contribution in [0.2, 0.25) is 0 Å². The molecule has 1 rings (SSSR count). The summed E-state index contributed by atoms with van der Waals surface area (Å²) in [5, 5.41) is 0. The average molecular weight is 320 g/mol. The number of likely N-dealkylation sites (N-methyl/N-ethyl adjacent to an activating group) is 1.